The molecule has 1 saturated carbocycles. The summed E-state index contributed by atoms with van der Waals surface area (Å²) in [5, 5.41) is 0. The first-order valence-corrected chi connectivity index (χ1v) is 5.74. The first kappa shape index (κ1) is 13.8. The monoisotopic (exact) mass is 239 g/mol. The van der Waals surface area contributed by atoms with Crippen LogP contribution in [0.4, 0.5) is 13.2 Å². The van der Waals surface area contributed by atoms with Gasteiger partial charge in [0.05, 0.1) is 17.6 Å². The predicted molar refractivity (Wildman–Crippen MR) is 56.0 cm³/mol. The Morgan fingerprint density at radius 3 is 2.50 bits per heavy atom. The molecule has 2 unspecified atom stereocenters. The average molecular weight is 239 g/mol. The summed E-state index contributed by atoms with van der Waals surface area (Å²) < 4.78 is 43.6. The Kier molecular flexibility index (Phi) is 4.23. The molecule has 2 N–H and O–H groups in total. The standard InChI is InChI=1S/C11H20F3NO/c1-8(2)16-10(7-15)5-3-4-9(6-10)11(12,13)14/h8-9H,3-7,15H2,1-2H3. The van der Waals surface area contributed by atoms with Crippen LogP contribution in [0.3, 0.4) is 0 Å². The minimum Gasteiger partial charge on any atom is -0.371 e. The average Bonchev–Trinajstić information content (AvgIpc) is 2.16. The molecule has 1 aliphatic rings. The van der Waals surface area contributed by atoms with E-state index in [1.165, 1.54) is 0 Å². The van der Waals surface area contributed by atoms with E-state index in [-0.39, 0.29) is 25.5 Å². The minimum absolute atomic E-state index is 0.00514. The van der Waals surface area contributed by atoms with Gasteiger partial charge in [0, 0.05) is 6.54 Å². The number of hydrogen-bond acceptors (Lipinski definition) is 2. The van der Waals surface area contributed by atoms with Crippen molar-refractivity contribution in [2.45, 2.75) is 57.4 Å². The molecule has 0 aromatic carbocycles. The summed E-state index contributed by atoms with van der Waals surface area (Å²) in [5.74, 6) is -1.26. The van der Waals surface area contributed by atoms with E-state index in [0.29, 0.717) is 12.8 Å². The topological polar surface area (TPSA) is 35.2 Å². The molecule has 16 heavy (non-hydrogen) atoms. The molecule has 1 fully saturated rings. The van der Waals surface area contributed by atoms with Crippen molar-refractivity contribution in [2.24, 2.45) is 11.7 Å². The molecule has 0 aromatic heterocycles. The van der Waals surface area contributed by atoms with Gasteiger partial charge >= 0.3 is 6.18 Å². The van der Waals surface area contributed by atoms with Crippen LogP contribution in [-0.4, -0.2) is 24.4 Å². The summed E-state index contributed by atoms with van der Waals surface area (Å²) in [6.07, 6.45) is -2.84. The van der Waals surface area contributed by atoms with Crippen molar-refractivity contribution in [1.29, 1.82) is 0 Å². The van der Waals surface area contributed by atoms with E-state index in [2.05, 4.69) is 0 Å². The van der Waals surface area contributed by atoms with Crippen LogP contribution in [-0.2, 0) is 4.74 Å². The number of ether oxygens (including phenoxy) is 1. The first-order chi connectivity index (χ1) is 7.29. The zero-order chi connectivity index (χ0) is 12.4. The number of halogens is 3. The van der Waals surface area contributed by atoms with Crippen LogP contribution in [0, 0.1) is 5.92 Å². The number of nitrogens with two attached hydrogens (primary N) is 1. The quantitative estimate of drug-likeness (QED) is 0.822. The lowest BCUT2D eigenvalue weighted by Gasteiger charge is -2.41. The van der Waals surface area contributed by atoms with Crippen LogP contribution in [0.2, 0.25) is 0 Å². The van der Waals surface area contributed by atoms with Crippen LogP contribution in [0.15, 0.2) is 0 Å². The molecule has 1 rings (SSSR count). The van der Waals surface area contributed by atoms with Crippen LogP contribution in [0.5, 0.6) is 0 Å². The van der Waals surface area contributed by atoms with Gasteiger partial charge in [-0.25, -0.2) is 0 Å². The third kappa shape index (κ3) is 3.35. The molecule has 0 saturated heterocycles. The molecular weight excluding hydrogens is 219 g/mol. The van der Waals surface area contributed by atoms with E-state index in [9.17, 15) is 13.2 Å². The Bertz CT molecular complexity index is 230. The van der Waals surface area contributed by atoms with Crippen LogP contribution < -0.4 is 5.73 Å². The van der Waals surface area contributed by atoms with E-state index in [1.54, 1.807) is 0 Å². The van der Waals surface area contributed by atoms with E-state index >= 15 is 0 Å². The molecule has 1 aliphatic carbocycles. The molecule has 0 aliphatic heterocycles. The molecule has 2 atom stereocenters. The lowest BCUT2D eigenvalue weighted by atomic mass is 9.77. The van der Waals surface area contributed by atoms with Gasteiger partial charge in [-0.05, 0) is 39.5 Å². The molecule has 0 aromatic rings. The van der Waals surface area contributed by atoms with Crippen molar-refractivity contribution in [3.63, 3.8) is 0 Å². The smallest absolute Gasteiger partial charge is 0.371 e. The summed E-state index contributed by atoms with van der Waals surface area (Å²) >= 11 is 0. The third-order valence-electron chi connectivity index (χ3n) is 3.12. The highest BCUT2D eigenvalue weighted by molar-refractivity contribution is 4.91. The van der Waals surface area contributed by atoms with Crippen molar-refractivity contribution in [3.05, 3.63) is 0 Å². The predicted octanol–water partition coefficient (Wildman–Crippen LogP) is 2.86. The van der Waals surface area contributed by atoms with Gasteiger partial charge < -0.3 is 10.5 Å². The van der Waals surface area contributed by atoms with E-state index < -0.39 is 17.7 Å². The molecule has 0 bridgehead atoms. The molecule has 0 heterocycles. The third-order valence-corrected chi connectivity index (χ3v) is 3.12. The molecule has 2 nitrogen and oxygen atoms in total. The molecule has 0 spiro atoms. The van der Waals surface area contributed by atoms with Gasteiger partial charge in [-0.1, -0.05) is 0 Å². The van der Waals surface area contributed by atoms with Gasteiger partial charge in [0.15, 0.2) is 0 Å². The Hall–Kier alpha value is -0.290. The molecule has 0 amide bonds. The van der Waals surface area contributed by atoms with E-state index in [0.717, 1.165) is 0 Å². The van der Waals surface area contributed by atoms with Crippen molar-refractivity contribution in [3.8, 4) is 0 Å². The maximum atomic E-state index is 12.7. The van der Waals surface area contributed by atoms with E-state index in [4.69, 9.17) is 10.5 Å². The van der Waals surface area contributed by atoms with Crippen molar-refractivity contribution in [2.75, 3.05) is 6.54 Å². The summed E-state index contributed by atoms with van der Waals surface area (Å²) in [5.41, 5.74) is 4.83. The highest BCUT2D eigenvalue weighted by Crippen LogP contribution is 2.43. The molecule has 0 radical (unpaired) electrons. The van der Waals surface area contributed by atoms with Crippen LogP contribution in [0.25, 0.3) is 0 Å². The van der Waals surface area contributed by atoms with Crippen molar-refractivity contribution in [1.82, 2.24) is 0 Å². The summed E-state index contributed by atoms with van der Waals surface area (Å²) in [6, 6.07) is 0. The van der Waals surface area contributed by atoms with Crippen molar-refractivity contribution < 1.29 is 17.9 Å². The summed E-state index contributed by atoms with van der Waals surface area (Å²) in [4.78, 5) is 0. The Balaban J connectivity index is 2.72. The Morgan fingerprint density at radius 2 is 2.06 bits per heavy atom. The lowest BCUT2D eigenvalue weighted by Crippen LogP contribution is -2.48. The molecule has 96 valence electrons. The highest BCUT2D eigenvalue weighted by atomic mass is 19.4. The minimum atomic E-state index is -4.12. The molecule has 5 heteroatoms. The highest BCUT2D eigenvalue weighted by Gasteiger charge is 2.47. The normalized spacial score (nSPS) is 32.1. The zero-order valence-corrected chi connectivity index (χ0v) is 9.81. The fourth-order valence-corrected chi connectivity index (χ4v) is 2.44. The van der Waals surface area contributed by atoms with Crippen LogP contribution >= 0.6 is 0 Å². The number of rotatable bonds is 3. The Morgan fingerprint density at radius 1 is 1.44 bits per heavy atom. The first-order valence-electron chi connectivity index (χ1n) is 5.74. The SMILES string of the molecule is CC(C)OC1(CN)CCCC(C(F)(F)F)C1. The number of alkyl halides is 3. The van der Waals surface area contributed by atoms with Gasteiger partial charge in [-0.3, -0.25) is 0 Å². The maximum absolute atomic E-state index is 12.7. The van der Waals surface area contributed by atoms with Gasteiger partial charge in [-0.2, -0.15) is 13.2 Å². The lowest BCUT2D eigenvalue weighted by molar-refractivity contribution is -0.210. The van der Waals surface area contributed by atoms with Gasteiger partial charge in [0.25, 0.3) is 0 Å². The van der Waals surface area contributed by atoms with Gasteiger partial charge in [-0.15, -0.1) is 0 Å². The summed E-state index contributed by atoms with van der Waals surface area (Å²) in [6.45, 7) is 3.82. The fraction of sp³-hybridized carbons (Fsp3) is 1.00. The van der Waals surface area contributed by atoms with Crippen LogP contribution in [0.1, 0.15) is 39.5 Å². The fourth-order valence-electron chi connectivity index (χ4n) is 2.44. The summed E-state index contributed by atoms with van der Waals surface area (Å²) in [7, 11) is 0. The van der Waals surface area contributed by atoms with Gasteiger partial charge in [0.2, 0.25) is 0 Å². The number of hydrogen-bond donors (Lipinski definition) is 1. The van der Waals surface area contributed by atoms with E-state index in [1.807, 2.05) is 13.8 Å². The second-order valence-electron chi connectivity index (χ2n) is 4.89. The zero-order valence-electron chi connectivity index (χ0n) is 9.81. The Labute approximate surface area is 94.3 Å². The second kappa shape index (κ2) is 4.92. The second-order valence-corrected chi connectivity index (χ2v) is 4.89. The van der Waals surface area contributed by atoms with Crippen molar-refractivity contribution >= 4 is 0 Å². The molecular formula is C11H20F3NO. The van der Waals surface area contributed by atoms with Gasteiger partial charge in [0.1, 0.15) is 0 Å². The largest absolute Gasteiger partial charge is 0.391 e. The maximum Gasteiger partial charge on any atom is 0.391 e.